The first-order valence-electron chi connectivity index (χ1n) is 8.35. The summed E-state index contributed by atoms with van der Waals surface area (Å²) in [7, 11) is 0. The van der Waals surface area contributed by atoms with Gasteiger partial charge in [0.25, 0.3) is 0 Å². The van der Waals surface area contributed by atoms with E-state index >= 15 is 0 Å². The molecular weight excluding hydrogens is 295 g/mol. The first-order valence-corrected chi connectivity index (χ1v) is 8.35. The minimum Gasteiger partial charge on any atom is -0.325 e. The second kappa shape index (κ2) is 7.38. The van der Waals surface area contributed by atoms with Crippen LogP contribution in [-0.2, 0) is 4.79 Å². The average Bonchev–Trinajstić information content (AvgIpc) is 3.00. The van der Waals surface area contributed by atoms with Gasteiger partial charge in [-0.2, -0.15) is 0 Å². The van der Waals surface area contributed by atoms with Crippen molar-refractivity contribution < 1.29 is 9.18 Å². The molecule has 0 radical (unpaired) electrons. The number of likely N-dealkylation sites (tertiary alicyclic amines) is 1. The zero-order chi connectivity index (χ0) is 16.2. The highest BCUT2D eigenvalue weighted by Crippen LogP contribution is 2.17. The second-order valence-corrected chi connectivity index (χ2v) is 6.48. The molecule has 1 atom stereocenters. The van der Waals surface area contributed by atoms with Crippen molar-refractivity contribution in [2.45, 2.75) is 19.4 Å². The fraction of sp³-hybridized carbons (Fsp3) is 0.588. The molecule has 0 bridgehead atoms. The molecule has 1 amide bonds. The van der Waals surface area contributed by atoms with Gasteiger partial charge >= 0.3 is 0 Å². The third-order valence-electron chi connectivity index (χ3n) is 4.74. The Labute approximate surface area is 136 Å². The maximum atomic E-state index is 13.5. The van der Waals surface area contributed by atoms with Gasteiger partial charge in [0.2, 0.25) is 5.91 Å². The van der Waals surface area contributed by atoms with Gasteiger partial charge in [-0.15, -0.1) is 0 Å². The van der Waals surface area contributed by atoms with Crippen molar-refractivity contribution in [3.63, 3.8) is 0 Å². The molecule has 23 heavy (non-hydrogen) atoms. The van der Waals surface area contributed by atoms with Crippen molar-refractivity contribution in [3.05, 3.63) is 29.6 Å². The maximum absolute atomic E-state index is 13.5. The molecule has 5 nitrogen and oxygen atoms in total. The number of carbonyl (C=O) groups is 1. The van der Waals surface area contributed by atoms with E-state index in [0.29, 0.717) is 23.8 Å². The van der Waals surface area contributed by atoms with Gasteiger partial charge in [0.05, 0.1) is 6.54 Å². The monoisotopic (exact) mass is 320 g/mol. The molecule has 1 aromatic carbocycles. The average molecular weight is 320 g/mol. The molecule has 126 valence electrons. The molecule has 2 aliphatic rings. The number of piperazine rings is 1. The summed E-state index contributed by atoms with van der Waals surface area (Å²) >= 11 is 0. The van der Waals surface area contributed by atoms with E-state index in [1.807, 2.05) is 0 Å². The summed E-state index contributed by atoms with van der Waals surface area (Å²) in [5.41, 5.74) is 1.11. The van der Waals surface area contributed by atoms with Gasteiger partial charge in [0.15, 0.2) is 0 Å². The quantitative estimate of drug-likeness (QED) is 0.871. The molecule has 2 saturated heterocycles. The third-order valence-corrected chi connectivity index (χ3v) is 4.74. The van der Waals surface area contributed by atoms with Gasteiger partial charge in [-0.3, -0.25) is 14.6 Å². The van der Waals surface area contributed by atoms with E-state index in [1.54, 1.807) is 19.1 Å². The van der Waals surface area contributed by atoms with Gasteiger partial charge in [-0.05, 0) is 31.0 Å². The van der Waals surface area contributed by atoms with Crippen molar-refractivity contribution in [1.29, 1.82) is 0 Å². The highest BCUT2D eigenvalue weighted by Gasteiger charge is 2.29. The second-order valence-electron chi connectivity index (χ2n) is 6.48. The normalized spacial score (nSPS) is 23.1. The van der Waals surface area contributed by atoms with Gasteiger partial charge in [-0.25, -0.2) is 4.39 Å². The van der Waals surface area contributed by atoms with Crippen molar-refractivity contribution in [3.8, 4) is 0 Å². The molecule has 0 aromatic heterocycles. The molecule has 3 rings (SSSR count). The zero-order valence-corrected chi connectivity index (χ0v) is 13.6. The van der Waals surface area contributed by atoms with Crippen LogP contribution in [0, 0.1) is 12.7 Å². The van der Waals surface area contributed by atoms with E-state index in [0.717, 1.165) is 45.7 Å². The summed E-state index contributed by atoms with van der Waals surface area (Å²) in [6, 6.07) is 5.35. The highest BCUT2D eigenvalue weighted by atomic mass is 19.1. The van der Waals surface area contributed by atoms with Crippen LogP contribution in [0.1, 0.15) is 12.0 Å². The minimum absolute atomic E-state index is 0.0748. The number of hydrogen-bond donors (Lipinski definition) is 2. The molecule has 2 fully saturated rings. The van der Waals surface area contributed by atoms with E-state index in [9.17, 15) is 9.18 Å². The number of amides is 1. The van der Waals surface area contributed by atoms with Crippen LogP contribution in [0.3, 0.4) is 0 Å². The lowest BCUT2D eigenvalue weighted by Gasteiger charge is -2.32. The number of nitrogens with one attached hydrogen (secondary N) is 2. The largest absolute Gasteiger partial charge is 0.325 e. The number of aryl methyl sites for hydroxylation is 1. The van der Waals surface area contributed by atoms with Crippen molar-refractivity contribution >= 4 is 11.6 Å². The molecule has 0 spiro atoms. The number of rotatable bonds is 4. The Morgan fingerprint density at radius 3 is 2.87 bits per heavy atom. The number of benzene rings is 1. The highest BCUT2D eigenvalue weighted by molar-refractivity contribution is 5.92. The summed E-state index contributed by atoms with van der Waals surface area (Å²) in [6.07, 6.45) is 1.12. The molecule has 2 aliphatic heterocycles. The van der Waals surface area contributed by atoms with Crippen LogP contribution in [0.4, 0.5) is 10.1 Å². The standard InChI is InChI=1S/C17H25FN4O/c1-13-2-3-14(10-16(13)18)20-17(23)12-21-7-4-15(11-21)22-8-5-19-6-9-22/h2-3,10,15,19H,4-9,11-12H2,1H3,(H,20,23). The zero-order valence-electron chi connectivity index (χ0n) is 13.6. The molecule has 0 aliphatic carbocycles. The number of anilines is 1. The van der Waals surface area contributed by atoms with Crippen LogP contribution in [0.2, 0.25) is 0 Å². The fourth-order valence-electron chi connectivity index (χ4n) is 3.38. The van der Waals surface area contributed by atoms with Crippen LogP contribution in [-0.4, -0.2) is 67.6 Å². The molecule has 1 unspecified atom stereocenters. The topological polar surface area (TPSA) is 47.6 Å². The number of nitrogens with zero attached hydrogens (tertiary/aromatic N) is 2. The molecule has 6 heteroatoms. The van der Waals surface area contributed by atoms with Crippen LogP contribution >= 0.6 is 0 Å². The predicted octanol–water partition coefficient (Wildman–Crippen LogP) is 1.05. The summed E-state index contributed by atoms with van der Waals surface area (Å²) < 4.78 is 13.5. The van der Waals surface area contributed by atoms with Crippen LogP contribution in [0.15, 0.2) is 18.2 Å². The summed E-state index contributed by atoms with van der Waals surface area (Å²) in [6.45, 7) is 8.26. The van der Waals surface area contributed by atoms with Gasteiger partial charge < -0.3 is 10.6 Å². The van der Waals surface area contributed by atoms with Gasteiger partial charge in [0.1, 0.15) is 5.82 Å². The van der Waals surface area contributed by atoms with E-state index in [4.69, 9.17) is 0 Å². The van der Waals surface area contributed by atoms with Crippen molar-refractivity contribution in [1.82, 2.24) is 15.1 Å². The first-order chi connectivity index (χ1) is 11.1. The lowest BCUT2D eigenvalue weighted by atomic mass is 10.2. The van der Waals surface area contributed by atoms with E-state index in [-0.39, 0.29) is 11.7 Å². The minimum atomic E-state index is -0.289. The van der Waals surface area contributed by atoms with E-state index < -0.39 is 0 Å². The van der Waals surface area contributed by atoms with Gasteiger partial charge in [0, 0.05) is 51.0 Å². The van der Waals surface area contributed by atoms with Crippen LogP contribution in [0.25, 0.3) is 0 Å². The van der Waals surface area contributed by atoms with Gasteiger partial charge in [-0.1, -0.05) is 6.07 Å². The Kier molecular flexibility index (Phi) is 5.25. The van der Waals surface area contributed by atoms with Crippen LogP contribution < -0.4 is 10.6 Å². The van der Waals surface area contributed by atoms with Crippen LogP contribution in [0.5, 0.6) is 0 Å². The molecule has 2 heterocycles. The van der Waals surface area contributed by atoms with Crippen molar-refractivity contribution in [2.75, 3.05) is 51.1 Å². The summed E-state index contributed by atoms with van der Waals surface area (Å²) in [5, 5.41) is 6.15. The molecule has 0 saturated carbocycles. The first kappa shape index (κ1) is 16.4. The predicted molar refractivity (Wildman–Crippen MR) is 89.1 cm³/mol. The Morgan fingerprint density at radius 2 is 2.13 bits per heavy atom. The fourth-order valence-corrected chi connectivity index (χ4v) is 3.38. The lowest BCUT2D eigenvalue weighted by Crippen LogP contribution is -2.49. The Morgan fingerprint density at radius 1 is 1.35 bits per heavy atom. The van der Waals surface area contributed by atoms with Crippen molar-refractivity contribution in [2.24, 2.45) is 0 Å². The summed E-state index contributed by atoms with van der Waals surface area (Å²) in [5.74, 6) is -0.364. The number of carbonyl (C=O) groups excluding carboxylic acids is 1. The smallest absolute Gasteiger partial charge is 0.238 e. The third kappa shape index (κ3) is 4.28. The Bertz CT molecular complexity index is 560. The molecule has 1 aromatic rings. The SMILES string of the molecule is Cc1ccc(NC(=O)CN2CCC(N3CCNCC3)C2)cc1F. The van der Waals surface area contributed by atoms with E-state index in [1.165, 1.54) is 6.07 Å². The summed E-state index contributed by atoms with van der Waals surface area (Å²) in [4.78, 5) is 16.9. The molecule has 2 N–H and O–H groups in total. The maximum Gasteiger partial charge on any atom is 0.238 e. The number of hydrogen-bond acceptors (Lipinski definition) is 4. The molecular formula is C17H25FN4O. The lowest BCUT2D eigenvalue weighted by molar-refractivity contribution is -0.117. The van der Waals surface area contributed by atoms with E-state index in [2.05, 4.69) is 20.4 Å². The Hall–Kier alpha value is -1.50. The Balaban J connectivity index is 1.47. The number of halogens is 1.